The van der Waals surface area contributed by atoms with Crippen LogP contribution in [-0.4, -0.2) is 32.3 Å². The van der Waals surface area contributed by atoms with Gasteiger partial charge in [0.05, 0.1) is 0 Å². The van der Waals surface area contributed by atoms with Crippen molar-refractivity contribution in [1.29, 1.82) is 0 Å². The van der Waals surface area contributed by atoms with E-state index in [1.165, 1.54) is 50.6 Å². The quantitative estimate of drug-likeness (QED) is 0.289. The SMILES string of the molecule is CCC(C)(CCCCCCCCCC(OC)(OC)OC)c1ccccn1. The molecule has 1 unspecified atom stereocenters. The summed E-state index contributed by atoms with van der Waals surface area (Å²) in [7, 11) is 4.88. The molecule has 26 heavy (non-hydrogen) atoms. The number of nitrogens with zero attached hydrogens (tertiary/aromatic N) is 1. The molecule has 1 aromatic rings. The van der Waals surface area contributed by atoms with Crippen molar-refractivity contribution in [2.24, 2.45) is 0 Å². The van der Waals surface area contributed by atoms with Crippen LogP contribution in [0.3, 0.4) is 0 Å². The summed E-state index contributed by atoms with van der Waals surface area (Å²) in [6.07, 6.45) is 13.8. The molecule has 0 fully saturated rings. The largest absolute Gasteiger partial charge is 0.331 e. The van der Waals surface area contributed by atoms with Crippen LogP contribution in [0.25, 0.3) is 0 Å². The van der Waals surface area contributed by atoms with E-state index in [9.17, 15) is 0 Å². The molecule has 0 aliphatic carbocycles. The zero-order valence-corrected chi connectivity index (χ0v) is 17.6. The summed E-state index contributed by atoms with van der Waals surface area (Å²) >= 11 is 0. The van der Waals surface area contributed by atoms with Gasteiger partial charge < -0.3 is 14.2 Å². The molecule has 1 rings (SSSR count). The maximum atomic E-state index is 5.33. The third kappa shape index (κ3) is 7.34. The van der Waals surface area contributed by atoms with Gasteiger partial charge in [-0.25, -0.2) is 0 Å². The molecule has 1 aromatic heterocycles. The Morgan fingerprint density at radius 3 is 1.81 bits per heavy atom. The topological polar surface area (TPSA) is 40.6 Å². The number of aromatic nitrogens is 1. The normalized spacial score (nSPS) is 14.3. The van der Waals surface area contributed by atoms with Gasteiger partial charge in [-0.05, 0) is 31.4 Å². The molecule has 4 heteroatoms. The molecule has 1 atom stereocenters. The first-order valence-electron chi connectivity index (χ1n) is 10.1. The van der Waals surface area contributed by atoms with E-state index in [4.69, 9.17) is 14.2 Å². The number of rotatable bonds is 15. The third-order valence-corrected chi connectivity index (χ3v) is 5.71. The fourth-order valence-electron chi connectivity index (χ4n) is 3.50. The van der Waals surface area contributed by atoms with E-state index in [1.54, 1.807) is 21.3 Å². The molecule has 0 saturated carbocycles. The highest BCUT2D eigenvalue weighted by molar-refractivity contribution is 5.15. The average molecular weight is 366 g/mol. The van der Waals surface area contributed by atoms with Gasteiger partial charge in [0, 0.05) is 45.1 Å². The number of hydrogen-bond acceptors (Lipinski definition) is 4. The molecule has 0 N–H and O–H groups in total. The number of hydrogen-bond donors (Lipinski definition) is 0. The highest BCUT2D eigenvalue weighted by atomic mass is 16.9. The Hall–Kier alpha value is -0.970. The molecule has 0 radical (unpaired) electrons. The fourth-order valence-corrected chi connectivity index (χ4v) is 3.50. The highest BCUT2D eigenvalue weighted by Crippen LogP contribution is 2.31. The van der Waals surface area contributed by atoms with Crippen LogP contribution in [0.15, 0.2) is 24.4 Å². The van der Waals surface area contributed by atoms with E-state index in [2.05, 4.69) is 31.0 Å². The monoisotopic (exact) mass is 365 g/mol. The first-order valence-corrected chi connectivity index (χ1v) is 10.1. The molecule has 0 aliphatic heterocycles. The van der Waals surface area contributed by atoms with Crippen molar-refractivity contribution in [3.05, 3.63) is 30.1 Å². The van der Waals surface area contributed by atoms with E-state index in [0.717, 1.165) is 19.3 Å². The van der Waals surface area contributed by atoms with E-state index in [1.807, 2.05) is 12.3 Å². The van der Waals surface area contributed by atoms with Gasteiger partial charge in [0.2, 0.25) is 0 Å². The van der Waals surface area contributed by atoms with Crippen LogP contribution >= 0.6 is 0 Å². The van der Waals surface area contributed by atoms with Crippen LogP contribution in [0.4, 0.5) is 0 Å². The lowest BCUT2D eigenvalue weighted by atomic mass is 9.79. The molecule has 1 heterocycles. The summed E-state index contributed by atoms with van der Waals surface area (Å²) in [5.74, 6) is -0.865. The minimum absolute atomic E-state index is 0.213. The van der Waals surface area contributed by atoms with Crippen molar-refractivity contribution in [2.45, 2.75) is 89.4 Å². The summed E-state index contributed by atoms with van der Waals surface area (Å²) in [4.78, 5) is 4.58. The van der Waals surface area contributed by atoms with Crippen LogP contribution in [-0.2, 0) is 19.6 Å². The van der Waals surface area contributed by atoms with Crippen LogP contribution in [0, 0.1) is 0 Å². The molecule has 0 bridgehead atoms. The second-order valence-corrected chi connectivity index (χ2v) is 7.40. The molecule has 4 nitrogen and oxygen atoms in total. The van der Waals surface area contributed by atoms with Gasteiger partial charge in [-0.1, -0.05) is 58.4 Å². The Morgan fingerprint density at radius 1 is 0.808 bits per heavy atom. The number of pyridine rings is 1. The van der Waals surface area contributed by atoms with Crippen molar-refractivity contribution >= 4 is 0 Å². The van der Waals surface area contributed by atoms with Gasteiger partial charge >= 0.3 is 0 Å². The van der Waals surface area contributed by atoms with Crippen molar-refractivity contribution in [1.82, 2.24) is 4.98 Å². The lowest BCUT2D eigenvalue weighted by Gasteiger charge is -2.28. The summed E-state index contributed by atoms with van der Waals surface area (Å²) in [6.45, 7) is 4.62. The van der Waals surface area contributed by atoms with E-state index >= 15 is 0 Å². The van der Waals surface area contributed by atoms with Crippen LogP contribution < -0.4 is 0 Å². The zero-order valence-electron chi connectivity index (χ0n) is 17.6. The molecule has 0 amide bonds. The Balaban J connectivity index is 2.14. The summed E-state index contributed by atoms with van der Waals surface area (Å²) < 4.78 is 16.0. The van der Waals surface area contributed by atoms with Gasteiger partial charge in [0.25, 0.3) is 5.97 Å². The predicted molar refractivity (Wildman–Crippen MR) is 107 cm³/mol. The molecule has 150 valence electrons. The number of methoxy groups -OCH3 is 3. The Morgan fingerprint density at radius 2 is 1.35 bits per heavy atom. The smallest absolute Gasteiger partial charge is 0.282 e. The molecule has 0 aliphatic rings. The first kappa shape index (κ1) is 23.1. The van der Waals surface area contributed by atoms with E-state index in [0.29, 0.717) is 0 Å². The third-order valence-electron chi connectivity index (χ3n) is 5.71. The van der Waals surface area contributed by atoms with Crippen molar-refractivity contribution in [3.63, 3.8) is 0 Å². The second-order valence-electron chi connectivity index (χ2n) is 7.40. The van der Waals surface area contributed by atoms with Gasteiger partial charge in [-0.3, -0.25) is 4.98 Å². The van der Waals surface area contributed by atoms with Gasteiger partial charge in [-0.15, -0.1) is 0 Å². The molecule has 0 spiro atoms. The number of unbranched alkanes of at least 4 members (excludes halogenated alkanes) is 6. The van der Waals surface area contributed by atoms with Crippen molar-refractivity contribution in [2.75, 3.05) is 21.3 Å². The van der Waals surface area contributed by atoms with E-state index in [-0.39, 0.29) is 5.41 Å². The van der Waals surface area contributed by atoms with Crippen LogP contribution in [0.2, 0.25) is 0 Å². The Bertz CT molecular complexity index is 453. The van der Waals surface area contributed by atoms with Crippen molar-refractivity contribution < 1.29 is 14.2 Å². The molecular weight excluding hydrogens is 326 g/mol. The van der Waals surface area contributed by atoms with Gasteiger partial charge in [-0.2, -0.15) is 0 Å². The lowest BCUT2D eigenvalue weighted by molar-refractivity contribution is -0.355. The number of ether oxygens (including phenoxy) is 3. The van der Waals surface area contributed by atoms with Gasteiger partial charge in [0.15, 0.2) is 0 Å². The first-order chi connectivity index (χ1) is 12.6. The summed E-state index contributed by atoms with van der Waals surface area (Å²) in [5, 5.41) is 0. The highest BCUT2D eigenvalue weighted by Gasteiger charge is 2.28. The van der Waals surface area contributed by atoms with E-state index < -0.39 is 5.97 Å². The maximum Gasteiger partial charge on any atom is 0.282 e. The fraction of sp³-hybridized carbons (Fsp3) is 0.773. The van der Waals surface area contributed by atoms with Crippen molar-refractivity contribution in [3.8, 4) is 0 Å². The Kier molecular flexibility index (Phi) is 11.0. The van der Waals surface area contributed by atoms with Crippen LogP contribution in [0.1, 0.15) is 83.7 Å². The Labute approximate surface area is 160 Å². The standard InChI is InChI=1S/C22H39NO3/c1-6-21(2,20-16-12-15-19-23-20)17-13-10-8-7-9-11-14-18-22(24-3,25-4)26-5/h12,15-16,19H,6-11,13-14,17-18H2,1-5H3. The molecule has 0 saturated heterocycles. The zero-order chi connectivity index (χ0) is 19.3. The second kappa shape index (κ2) is 12.4. The molecule has 0 aromatic carbocycles. The lowest BCUT2D eigenvalue weighted by Crippen LogP contribution is -2.35. The van der Waals surface area contributed by atoms with Gasteiger partial charge in [0.1, 0.15) is 0 Å². The minimum atomic E-state index is -0.865. The average Bonchev–Trinajstić information content (AvgIpc) is 2.70. The van der Waals surface area contributed by atoms with Crippen LogP contribution in [0.5, 0.6) is 0 Å². The summed E-state index contributed by atoms with van der Waals surface area (Å²) in [6, 6.07) is 6.26. The molecular formula is C22H39NO3. The summed E-state index contributed by atoms with van der Waals surface area (Å²) in [5.41, 5.74) is 1.45. The minimum Gasteiger partial charge on any atom is -0.331 e. The predicted octanol–water partition coefficient (Wildman–Crippen LogP) is 5.85. The maximum absolute atomic E-state index is 5.33.